The molecule has 0 aliphatic carbocycles. The summed E-state index contributed by atoms with van der Waals surface area (Å²) >= 11 is 0. The highest BCUT2D eigenvalue weighted by molar-refractivity contribution is 4.99. The molecule has 0 saturated carbocycles. The van der Waals surface area contributed by atoms with E-state index in [-0.39, 0.29) is 12.1 Å². The average molecular weight is 261 g/mol. The van der Waals surface area contributed by atoms with E-state index >= 15 is 0 Å². The lowest BCUT2D eigenvalue weighted by Gasteiger charge is -2.10. The normalized spacial score (nSPS) is 22.1. The van der Waals surface area contributed by atoms with E-state index in [1.165, 1.54) is 19.3 Å². The molecule has 2 atom stereocenters. The van der Waals surface area contributed by atoms with Gasteiger partial charge in [0.2, 0.25) is 0 Å². The molecule has 2 unspecified atom stereocenters. The lowest BCUT2D eigenvalue weighted by atomic mass is 10.1. The molecular formula is C13H19N5O. The van der Waals surface area contributed by atoms with Gasteiger partial charge >= 0.3 is 0 Å². The van der Waals surface area contributed by atoms with Crippen molar-refractivity contribution in [3.05, 3.63) is 30.2 Å². The SMILES string of the molecule is CC(c1nc(C2CCCCCN2)no1)n1cccn1. The molecule has 102 valence electrons. The van der Waals surface area contributed by atoms with E-state index in [9.17, 15) is 0 Å². The highest BCUT2D eigenvalue weighted by Gasteiger charge is 2.22. The van der Waals surface area contributed by atoms with Crippen molar-refractivity contribution >= 4 is 0 Å². The number of hydrogen-bond donors (Lipinski definition) is 1. The van der Waals surface area contributed by atoms with E-state index < -0.39 is 0 Å². The molecule has 0 bridgehead atoms. The van der Waals surface area contributed by atoms with E-state index in [0.29, 0.717) is 5.89 Å². The lowest BCUT2D eigenvalue weighted by Crippen LogP contribution is -2.21. The minimum absolute atomic E-state index is 0.0259. The zero-order valence-electron chi connectivity index (χ0n) is 11.1. The summed E-state index contributed by atoms with van der Waals surface area (Å²) in [7, 11) is 0. The van der Waals surface area contributed by atoms with Gasteiger partial charge in [-0.3, -0.25) is 4.68 Å². The van der Waals surface area contributed by atoms with Crippen LogP contribution in [0.5, 0.6) is 0 Å². The van der Waals surface area contributed by atoms with Crippen molar-refractivity contribution in [2.45, 2.75) is 44.7 Å². The fourth-order valence-corrected chi connectivity index (χ4v) is 2.43. The summed E-state index contributed by atoms with van der Waals surface area (Å²) in [5.74, 6) is 1.39. The molecule has 0 spiro atoms. The molecule has 6 heteroatoms. The Labute approximate surface area is 112 Å². The van der Waals surface area contributed by atoms with Crippen molar-refractivity contribution in [3.63, 3.8) is 0 Å². The third-order valence-corrected chi connectivity index (χ3v) is 3.61. The fraction of sp³-hybridized carbons (Fsp3) is 0.615. The molecule has 1 N–H and O–H groups in total. The Bertz CT molecular complexity index is 499. The second kappa shape index (κ2) is 5.52. The topological polar surface area (TPSA) is 68.8 Å². The van der Waals surface area contributed by atoms with Gasteiger partial charge in [-0.2, -0.15) is 10.1 Å². The number of rotatable bonds is 3. The largest absolute Gasteiger partial charge is 0.337 e. The van der Waals surface area contributed by atoms with Gasteiger partial charge in [-0.25, -0.2) is 0 Å². The van der Waals surface area contributed by atoms with Gasteiger partial charge in [0, 0.05) is 12.4 Å². The maximum absolute atomic E-state index is 5.38. The third kappa shape index (κ3) is 2.68. The quantitative estimate of drug-likeness (QED) is 0.916. The van der Waals surface area contributed by atoms with Crippen molar-refractivity contribution in [1.29, 1.82) is 0 Å². The number of aromatic nitrogens is 4. The average Bonchev–Trinajstić information content (AvgIpc) is 3.05. The third-order valence-electron chi connectivity index (χ3n) is 3.61. The molecule has 2 aromatic heterocycles. The van der Waals surface area contributed by atoms with Crippen LogP contribution in [0.3, 0.4) is 0 Å². The van der Waals surface area contributed by atoms with Crippen LogP contribution in [0.2, 0.25) is 0 Å². The van der Waals surface area contributed by atoms with Crippen molar-refractivity contribution in [1.82, 2.24) is 25.2 Å². The van der Waals surface area contributed by atoms with Gasteiger partial charge in [0.1, 0.15) is 6.04 Å². The van der Waals surface area contributed by atoms with Crippen LogP contribution in [-0.2, 0) is 0 Å². The van der Waals surface area contributed by atoms with Crippen LogP contribution in [0.25, 0.3) is 0 Å². The standard InChI is InChI=1S/C13H19N5O/c1-10(18-9-5-8-15-18)13-16-12(17-19-13)11-6-3-2-4-7-14-11/h5,8-11,14H,2-4,6-7H2,1H3. The molecule has 6 nitrogen and oxygen atoms in total. The van der Waals surface area contributed by atoms with Crippen LogP contribution < -0.4 is 5.32 Å². The number of hydrogen-bond acceptors (Lipinski definition) is 5. The van der Waals surface area contributed by atoms with E-state index in [4.69, 9.17) is 4.52 Å². The second-order valence-corrected chi connectivity index (χ2v) is 5.01. The zero-order chi connectivity index (χ0) is 13.1. The summed E-state index contributed by atoms with van der Waals surface area (Å²) in [4.78, 5) is 4.53. The minimum Gasteiger partial charge on any atom is -0.337 e. The molecule has 0 amide bonds. The predicted octanol–water partition coefficient (Wildman–Crippen LogP) is 2.08. The monoisotopic (exact) mass is 261 g/mol. The van der Waals surface area contributed by atoms with Crippen LogP contribution in [0.15, 0.2) is 23.0 Å². The van der Waals surface area contributed by atoms with Crippen molar-refractivity contribution < 1.29 is 4.52 Å². The molecule has 1 aliphatic rings. The molecule has 1 aliphatic heterocycles. The van der Waals surface area contributed by atoms with Crippen molar-refractivity contribution in [2.24, 2.45) is 0 Å². The van der Waals surface area contributed by atoms with Crippen LogP contribution in [0.4, 0.5) is 0 Å². The van der Waals surface area contributed by atoms with E-state index in [2.05, 4.69) is 20.6 Å². The van der Waals surface area contributed by atoms with Gasteiger partial charge in [0.25, 0.3) is 5.89 Å². The molecule has 19 heavy (non-hydrogen) atoms. The van der Waals surface area contributed by atoms with Crippen LogP contribution in [0.1, 0.15) is 56.4 Å². The highest BCUT2D eigenvalue weighted by Crippen LogP contribution is 2.22. The first-order chi connectivity index (χ1) is 9.34. The van der Waals surface area contributed by atoms with E-state index in [0.717, 1.165) is 18.8 Å². The minimum atomic E-state index is -0.0259. The fourth-order valence-electron chi connectivity index (χ4n) is 2.43. The molecule has 1 fully saturated rings. The summed E-state index contributed by atoms with van der Waals surface area (Å²) < 4.78 is 7.20. The van der Waals surface area contributed by atoms with E-state index in [1.807, 2.05) is 23.9 Å². The summed E-state index contributed by atoms with van der Waals surface area (Å²) in [6.45, 7) is 3.04. The smallest absolute Gasteiger partial charge is 0.251 e. The number of nitrogens with zero attached hydrogens (tertiary/aromatic N) is 4. The summed E-state index contributed by atoms with van der Waals surface area (Å²) in [6, 6.07) is 2.09. The van der Waals surface area contributed by atoms with Gasteiger partial charge in [-0.1, -0.05) is 18.0 Å². The second-order valence-electron chi connectivity index (χ2n) is 5.01. The van der Waals surface area contributed by atoms with Gasteiger partial charge in [0.15, 0.2) is 5.82 Å². The molecular weight excluding hydrogens is 242 g/mol. The Morgan fingerprint density at radius 2 is 2.37 bits per heavy atom. The lowest BCUT2D eigenvalue weighted by molar-refractivity contribution is 0.329. The molecule has 0 aromatic carbocycles. The van der Waals surface area contributed by atoms with Gasteiger partial charge in [0.05, 0.1) is 6.04 Å². The first-order valence-electron chi connectivity index (χ1n) is 6.90. The maximum atomic E-state index is 5.38. The first kappa shape index (κ1) is 12.3. The van der Waals surface area contributed by atoms with Crippen molar-refractivity contribution in [3.8, 4) is 0 Å². The molecule has 3 rings (SSSR count). The van der Waals surface area contributed by atoms with Crippen LogP contribution in [-0.4, -0.2) is 26.5 Å². The molecule has 1 saturated heterocycles. The number of nitrogens with one attached hydrogen (secondary N) is 1. The first-order valence-corrected chi connectivity index (χ1v) is 6.90. The van der Waals surface area contributed by atoms with Gasteiger partial charge < -0.3 is 9.84 Å². The van der Waals surface area contributed by atoms with E-state index in [1.54, 1.807) is 6.20 Å². The predicted molar refractivity (Wildman–Crippen MR) is 69.5 cm³/mol. The summed E-state index contributed by atoms with van der Waals surface area (Å²) in [6.07, 6.45) is 8.45. The van der Waals surface area contributed by atoms with Crippen LogP contribution >= 0.6 is 0 Å². The summed E-state index contributed by atoms with van der Waals surface area (Å²) in [5.41, 5.74) is 0. The van der Waals surface area contributed by atoms with Gasteiger partial charge in [-0.15, -0.1) is 0 Å². The van der Waals surface area contributed by atoms with Crippen LogP contribution in [0, 0.1) is 0 Å². The Balaban J connectivity index is 1.75. The Hall–Kier alpha value is -1.69. The van der Waals surface area contributed by atoms with Gasteiger partial charge in [-0.05, 0) is 32.4 Å². The van der Waals surface area contributed by atoms with Crippen molar-refractivity contribution in [2.75, 3.05) is 6.54 Å². The molecule has 0 radical (unpaired) electrons. The molecule has 2 aromatic rings. The summed E-state index contributed by atoms with van der Waals surface area (Å²) in [5, 5.41) is 11.8. The zero-order valence-corrected chi connectivity index (χ0v) is 11.1. The Morgan fingerprint density at radius 3 is 3.21 bits per heavy atom. The molecule has 3 heterocycles. The Morgan fingerprint density at radius 1 is 1.42 bits per heavy atom. The highest BCUT2D eigenvalue weighted by atomic mass is 16.5. The Kier molecular flexibility index (Phi) is 3.59. The maximum Gasteiger partial charge on any atom is 0.251 e.